The maximum absolute atomic E-state index is 6.20. The van der Waals surface area contributed by atoms with Gasteiger partial charge in [0.2, 0.25) is 0 Å². The zero-order chi connectivity index (χ0) is 16.6. The van der Waals surface area contributed by atoms with Gasteiger partial charge in [-0.1, -0.05) is 20.8 Å². The van der Waals surface area contributed by atoms with Crippen LogP contribution >= 0.6 is 0 Å². The predicted octanol–water partition coefficient (Wildman–Crippen LogP) is 4.64. The van der Waals surface area contributed by atoms with Crippen molar-refractivity contribution in [3.8, 4) is 0 Å². The van der Waals surface area contributed by atoms with Crippen LogP contribution in [0.4, 0.5) is 5.69 Å². The first kappa shape index (κ1) is 17.3. The second-order valence-corrected chi connectivity index (χ2v) is 7.43. The minimum Gasteiger partial charge on any atom is -0.373 e. The number of rotatable bonds is 2. The molecule has 0 bridgehead atoms. The average Bonchev–Trinajstić information content (AvgIpc) is 2.42. The van der Waals surface area contributed by atoms with Gasteiger partial charge in [-0.2, -0.15) is 0 Å². The summed E-state index contributed by atoms with van der Waals surface area (Å²) in [6, 6.07) is 2.70. The molecule has 0 aliphatic carbocycles. The third-order valence-corrected chi connectivity index (χ3v) is 4.75. The molecule has 0 fully saturated rings. The number of hydrogen-bond acceptors (Lipinski definition) is 3. The lowest BCUT2D eigenvalue weighted by Gasteiger charge is -2.40. The minimum atomic E-state index is 0.192. The molecule has 0 saturated carbocycles. The Morgan fingerprint density at radius 2 is 1.82 bits per heavy atom. The van der Waals surface area contributed by atoms with Crippen molar-refractivity contribution in [3.63, 3.8) is 0 Å². The molecule has 0 N–H and O–H groups in total. The van der Waals surface area contributed by atoms with Gasteiger partial charge in [0.15, 0.2) is 0 Å². The Balaban J connectivity index is 2.70. The quantitative estimate of drug-likeness (QED) is 0.796. The number of aryl methyl sites for hydroxylation is 1. The number of fused-ring (bicyclic) bond motifs is 1. The van der Waals surface area contributed by atoms with Crippen molar-refractivity contribution in [3.05, 3.63) is 23.0 Å². The lowest BCUT2D eigenvalue weighted by molar-refractivity contribution is -0.00332. The molecule has 3 nitrogen and oxygen atoms in total. The molecule has 3 atom stereocenters. The smallest absolute Gasteiger partial charge is 0.0725 e. The standard InChI is InChI=1S/C19H32N2O/c1-11(2)17-9-13(5)20-18-15(7)16(8)22-14(6)10-21(12(3)4)19(17)18/h9,11-12,14-16H,10H2,1-8H3/t14-,15-,16+/m0/s1. The summed E-state index contributed by atoms with van der Waals surface area (Å²) in [6.45, 7) is 18.7. The van der Waals surface area contributed by atoms with Gasteiger partial charge >= 0.3 is 0 Å². The van der Waals surface area contributed by atoms with Crippen molar-refractivity contribution >= 4 is 5.69 Å². The molecule has 2 heterocycles. The van der Waals surface area contributed by atoms with Crippen LogP contribution in [-0.2, 0) is 4.74 Å². The van der Waals surface area contributed by atoms with E-state index in [0.717, 1.165) is 12.2 Å². The second kappa shape index (κ2) is 6.57. The first-order chi connectivity index (χ1) is 10.2. The zero-order valence-corrected chi connectivity index (χ0v) is 15.5. The highest BCUT2D eigenvalue weighted by Gasteiger charge is 2.31. The van der Waals surface area contributed by atoms with Crippen LogP contribution in [0.15, 0.2) is 6.07 Å². The number of aromatic nitrogens is 1. The molecule has 0 amide bonds. The molecule has 1 aliphatic rings. The highest BCUT2D eigenvalue weighted by atomic mass is 16.5. The summed E-state index contributed by atoms with van der Waals surface area (Å²) in [5, 5.41) is 0. The largest absolute Gasteiger partial charge is 0.373 e. The first-order valence-electron chi connectivity index (χ1n) is 8.65. The van der Waals surface area contributed by atoms with E-state index >= 15 is 0 Å². The average molecular weight is 304 g/mol. The van der Waals surface area contributed by atoms with Gasteiger partial charge < -0.3 is 9.64 Å². The third kappa shape index (κ3) is 3.29. The molecule has 22 heavy (non-hydrogen) atoms. The van der Waals surface area contributed by atoms with Crippen LogP contribution in [0, 0.1) is 6.92 Å². The topological polar surface area (TPSA) is 25.4 Å². The number of nitrogens with zero attached hydrogens (tertiary/aromatic N) is 2. The van der Waals surface area contributed by atoms with E-state index in [-0.39, 0.29) is 12.2 Å². The molecule has 0 saturated heterocycles. The molecule has 1 aliphatic heterocycles. The summed E-state index contributed by atoms with van der Waals surface area (Å²) in [5.41, 5.74) is 5.09. The molecule has 0 aromatic carbocycles. The molecule has 1 aromatic rings. The fourth-order valence-corrected chi connectivity index (χ4v) is 3.37. The Bertz CT molecular complexity index is 524. The number of pyridine rings is 1. The Morgan fingerprint density at radius 1 is 1.18 bits per heavy atom. The molecule has 0 unspecified atom stereocenters. The van der Waals surface area contributed by atoms with E-state index in [0.29, 0.717) is 17.9 Å². The van der Waals surface area contributed by atoms with Crippen LogP contribution in [0.5, 0.6) is 0 Å². The van der Waals surface area contributed by atoms with Gasteiger partial charge in [0.05, 0.1) is 23.6 Å². The molecule has 3 heteroatoms. The van der Waals surface area contributed by atoms with Crippen LogP contribution < -0.4 is 4.90 Å². The van der Waals surface area contributed by atoms with Gasteiger partial charge in [0.1, 0.15) is 0 Å². The normalized spacial score (nSPS) is 26.1. The van der Waals surface area contributed by atoms with Crippen molar-refractivity contribution < 1.29 is 4.74 Å². The summed E-state index contributed by atoms with van der Waals surface area (Å²) < 4.78 is 6.20. The molecule has 2 rings (SSSR count). The van der Waals surface area contributed by atoms with E-state index in [9.17, 15) is 0 Å². The number of ether oxygens (including phenoxy) is 1. The first-order valence-corrected chi connectivity index (χ1v) is 8.65. The van der Waals surface area contributed by atoms with E-state index in [1.807, 2.05) is 0 Å². The van der Waals surface area contributed by atoms with Crippen LogP contribution in [-0.4, -0.2) is 29.8 Å². The van der Waals surface area contributed by atoms with Gasteiger partial charge in [-0.05, 0) is 52.2 Å². The summed E-state index contributed by atoms with van der Waals surface area (Å²) in [5.74, 6) is 0.797. The number of hydrogen-bond donors (Lipinski definition) is 0. The predicted molar refractivity (Wildman–Crippen MR) is 94.0 cm³/mol. The van der Waals surface area contributed by atoms with E-state index < -0.39 is 0 Å². The Hall–Kier alpha value is -1.09. The third-order valence-electron chi connectivity index (χ3n) is 4.75. The lowest BCUT2D eigenvalue weighted by atomic mass is 9.91. The van der Waals surface area contributed by atoms with Crippen LogP contribution in [0.1, 0.15) is 77.3 Å². The highest BCUT2D eigenvalue weighted by Crippen LogP contribution is 2.39. The molecule has 0 spiro atoms. The maximum atomic E-state index is 6.20. The van der Waals surface area contributed by atoms with Crippen LogP contribution in [0.2, 0.25) is 0 Å². The van der Waals surface area contributed by atoms with Crippen LogP contribution in [0.3, 0.4) is 0 Å². The summed E-state index contributed by atoms with van der Waals surface area (Å²) >= 11 is 0. The SMILES string of the molecule is Cc1cc(C(C)C)c2c(n1)[C@@H](C)[C@@H](C)O[C@@H](C)CN2C(C)C. The van der Waals surface area contributed by atoms with Gasteiger partial charge in [-0.25, -0.2) is 0 Å². The fourth-order valence-electron chi connectivity index (χ4n) is 3.37. The Labute approximate surface area is 136 Å². The molecular weight excluding hydrogens is 272 g/mol. The Morgan fingerprint density at radius 3 is 2.36 bits per heavy atom. The lowest BCUT2D eigenvalue weighted by Crippen LogP contribution is -2.43. The van der Waals surface area contributed by atoms with Gasteiger partial charge in [-0.3, -0.25) is 4.98 Å². The van der Waals surface area contributed by atoms with Crippen molar-refractivity contribution in [2.75, 3.05) is 11.4 Å². The van der Waals surface area contributed by atoms with Gasteiger partial charge in [0.25, 0.3) is 0 Å². The fraction of sp³-hybridized carbons (Fsp3) is 0.737. The second-order valence-electron chi connectivity index (χ2n) is 7.43. The minimum absolute atomic E-state index is 0.192. The van der Waals surface area contributed by atoms with Crippen molar-refractivity contribution in [2.45, 2.75) is 85.5 Å². The molecule has 1 aromatic heterocycles. The number of anilines is 1. The molecular formula is C19H32N2O. The van der Waals surface area contributed by atoms with Crippen molar-refractivity contribution in [1.29, 1.82) is 0 Å². The summed E-state index contributed by atoms with van der Waals surface area (Å²) in [7, 11) is 0. The summed E-state index contributed by atoms with van der Waals surface area (Å²) in [6.07, 6.45) is 0.423. The van der Waals surface area contributed by atoms with E-state index in [4.69, 9.17) is 9.72 Å². The van der Waals surface area contributed by atoms with E-state index in [1.54, 1.807) is 0 Å². The van der Waals surface area contributed by atoms with Gasteiger partial charge in [-0.15, -0.1) is 0 Å². The van der Waals surface area contributed by atoms with Gasteiger partial charge in [0, 0.05) is 24.2 Å². The van der Waals surface area contributed by atoms with Crippen LogP contribution in [0.25, 0.3) is 0 Å². The maximum Gasteiger partial charge on any atom is 0.0725 e. The van der Waals surface area contributed by atoms with Crippen molar-refractivity contribution in [1.82, 2.24) is 4.98 Å². The monoisotopic (exact) mass is 304 g/mol. The van der Waals surface area contributed by atoms with E-state index in [1.165, 1.54) is 16.9 Å². The Kier molecular flexibility index (Phi) is 5.16. The highest BCUT2D eigenvalue weighted by molar-refractivity contribution is 5.61. The molecule has 124 valence electrons. The van der Waals surface area contributed by atoms with Crippen molar-refractivity contribution in [2.24, 2.45) is 0 Å². The molecule has 0 radical (unpaired) electrons. The van der Waals surface area contributed by atoms with E-state index in [2.05, 4.69) is 66.4 Å². The summed E-state index contributed by atoms with van der Waals surface area (Å²) in [4.78, 5) is 7.42. The zero-order valence-electron chi connectivity index (χ0n) is 15.5.